The van der Waals surface area contributed by atoms with Gasteiger partial charge in [-0.15, -0.1) is 11.3 Å². The van der Waals surface area contributed by atoms with Crippen LogP contribution in [-0.2, 0) is 9.47 Å². The molecule has 4 rings (SSSR count). The molecule has 2 aromatic carbocycles. The topological polar surface area (TPSA) is 105 Å². The lowest BCUT2D eigenvalue weighted by molar-refractivity contribution is 0.0187. The van der Waals surface area contributed by atoms with Crippen LogP contribution in [0.1, 0.15) is 38.4 Å². The molecule has 1 amide bonds. The number of aliphatic hydroxyl groups excluding tert-OH is 2. The highest BCUT2D eigenvalue weighted by molar-refractivity contribution is 7.12. The number of carbonyl (C=O) groups excluding carboxylic acids is 2. The summed E-state index contributed by atoms with van der Waals surface area (Å²) in [5.41, 5.74) is 4.86. The van der Waals surface area contributed by atoms with Crippen LogP contribution in [0.15, 0.2) is 60.0 Å². The van der Waals surface area contributed by atoms with Crippen molar-refractivity contribution in [3.05, 3.63) is 81.5 Å². The predicted molar refractivity (Wildman–Crippen MR) is 120 cm³/mol. The largest absolute Gasteiger partial charge is 0.465 e. The Morgan fingerprint density at radius 1 is 1.06 bits per heavy atom. The molecule has 0 saturated carbocycles. The summed E-state index contributed by atoms with van der Waals surface area (Å²) < 4.78 is 10.1. The lowest BCUT2D eigenvalue weighted by Crippen LogP contribution is -2.36. The van der Waals surface area contributed by atoms with Crippen molar-refractivity contribution < 1.29 is 29.3 Å². The van der Waals surface area contributed by atoms with Crippen LogP contribution in [0.25, 0.3) is 11.1 Å². The van der Waals surface area contributed by atoms with Crippen molar-refractivity contribution in [1.82, 2.24) is 5.32 Å². The number of thiophene rings is 1. The number of esters is 1. The molecule has 0 radical (unpaired) electrons. The first-order valence-corrected chi connectivity index (χ1v) is 11.0. The smallest absolute Gasteiger partial charge is 0.407 e. The quantitative estimate of drug-likeness (QED) is 0.473. The molecule has 3 N–H and O–H groups in total. The number of benzene rings is 2. The van der Waals surface area contributed by atoms with E-state index in [0.29, 0.717) is 10.4 Å². The summed E-state index contributed by atoms with van der Waals surface area (Å²) >= 11 is 1.11. The van der Waals surface area contributed by atoms with Gasteiger partial charge in [-0.05, 0) is 39.3 Å². The highest BCUT2D eigenvalue weighted by atomic mass is 32.1. The Bertz CT molecular complexity index is 1080. The maximum Gasteiger partial charge on any atom is 0.407 e. The molecule has 0 spiro atoms. The summed E-state index contributed by atoms with van der Waals surface area (Å²) in [6.45, 7) is -0.0488. The summed E-state index contributed by atoms with van der Waals surface area (Å²) in [6.07, 6.45) is -3.21. The summed E-state index contributed by atoms with van der Waals surface area (Å²) in [4.78, 5) is 24.1. The average molecular weight is 454 g/mol. The van der Waals surface area contributed by atoms with Gasteiger partial charge in [0.15, 0.2) is 0 Å². The first-order chi connectivity index (χ1) is 15.5. The van der Waals surface area contributed by atoms with Gasteiger partial charge in [0.05, 0.1) is 7.11 Å². The molecule has 166 valence electrons. The van der Waals surface area contributed by atoms with E-state index < -0.39 is 24.3 Å². The molecule has 0 saturated heterocycles. The molecule has 1 aliphatic carbocycles. The van der Waals surface area contributed by atoms with Crippen molar-refractivity contribution in [3.63, 3.8) is 0 Å². The van der Waals surface area contributed by atoms with Gasteiger partial charge in [0, 0.05) is 12.5 Å². The number of hydrogen-bond acceptors (Lipinski definition) is 7. The zero-order valence-electron chi connectivity index (χ0n) is 17.4. The molecule has 2 atom stereocenters. The fourth-order valence-electron chi connectivity index (χ4n) is 3.88. The minimum absolute atomic E-state index is 0.0637. The molecule has 0 fully saturated rings. The lowest BCUT2D eigenvalue weighted by Gasteiger charge is -2.18. The predicted octanol–water partition coefficient (Wildman–Crippen LogP) is 3.47. The van der Waals surface area contributed by atoms with Crippen molar-refractivity contribution in [2.75, 3.05) is 20.3 Å². The van der Waals surface area contributed by atoms with E-state index in [9.17, 15) is 19.8 Å². The third-order valence-electron chi connectivity index (χ3n) is 5.51. The van der Waals surface area contributed by atoms with Gasteiger partial charge in [0.2, 0.25) is 0 Å². The molecule has 0 aliphatic heterocycles. The van der Waals surface area contributed by atoms with Crippen LogP contribution in [-0.4, -0.2) is 48.6 Å². The van der Waals surface area contributed by atoms with Gasteiger partial charge in [-0.2, -0.15) is 0 Å². The van der Waals surface area contributed by atoms with Gasteiger partial charge in [0.25, 0.3) is 0 Å². The van der Waals surface area contributed by atoms with Crippen LogP contribution in [0, 0.1) is 0 Å². The second-order valence-corrected chi connectivity index (χ2v) is 8.37. The lowest BCUT2D eigenvalue weighted by atomic mass is 9.98. The molecular weight excluding hydrogens is 430 g/mol. The van der Waals surface area contributed by atoms with Gasteiger partial charge in [-0.3, -0.25) is 0 Å². The summed E-state index contributed by atoms with van der Waals surface area (Å²) in [7, 11) is 1.27. The summed E-state index contributed by atoms with van der Waals surface area (Å²) in [5, 5.41) is 24.6. The van der Waals surface area contributed by atoms with Crippen LogP contribution in [0.4, 0.5) is 4.79 Å². The fraction of sp³-hybridized carbons (Fsp3) is 0.250. The first-order valence-electron chi connectivity index (χ1n) is 10.1. The van der Waals surface area contributed by atoms with Crippen molar-refractivity contribution in [1.29, 1.82) is 0 Å². The van der Waals surface area contributed by atoms with Crippen LogP contribution >= 0.6 is 11.3 Å². The number of hydrogen-bond donors (Lipinski definition) is 3. The third-order valence-corrected chi connectivity index (χ3v) is 6.44. The van der Waals surface area contributed by atoms with E-state index in [2.05, 4.69) is 22.2 Å². The SMILES string of the molecule is COC(=O)c1cc(C(O)C(O)CNC(=O)OCC2c3ccccc3-c3ccccc32)cs1. The Labute approximate surface area is 189 Å². The second kappa shape index (κ2) is 9.52. The van der Waals surface area contributed by atoms with Crippen LogP contribution in [0.5, 0.6) is 0 Å². The number of amides is 1. The van der Waals surface area contributed by atoms with Crippen LogP contribution in [0.2, 0.25) is 0 Å². The number of nitrogens with one attached hydrogen (secondary N) is 1. The van der Waals surface area contributed by atoms with E-state index >= 15 is 0 Å². The number of methoxy groups -OCH3 is 1. The molecule has 0 bridgehead atoms. The van der Waals surface area contributed by atoms with Crippen LogP contribution < -0.4 is 5.32 Å². The summed E-state index contributed by atoms with van der Waals surface area (Å²) in [6, 6.07) is 17.5. The van der Waals surface area contributed by atoms with E-state index in [1.54, 1.807) is 5.38 Å². The Morgan fingerprint density at radius 2 is 1.69 bits per heavy atom. The molecule has 32 heavy (non-hydrogen) atoms. The third kappa shape index (κ3) is 4.38. The van der Waals surface area contributed by atoms with E-state index in [0.717, 1.165) is 33.6 Å². The Kier molecular flexibility index (Phi) is 6.55. The van der Waals surface area contributed by atoms with E-state index in [1.165, 1.54) is 13.2 Å². The molecule has 8 heteroatoms. The Balaban J connectivity index is 1.32. The number of aliphatic hydroxyl groups is 2. The first kappa shape index (κ1) is 22.0. The zero-order chi connectivity index (χ0) is 22.7. The number of fused-ring (bicyclic) bond motifs is 3. The maximum atomic E-state index is 12.2. The standard InChI is InChI=1S/C24H23NO6S/c1-30-23(28)21-10-14(13-32-21)22(27)20(26)11-25-24(29)31-12-19-17-8-4-2-6-15(17)16-7-3-5-9-18(16)19/h2-10,13,19-20,22,26-27H,11-12H2,1H3,(H,25,29). The Hall–Kier alpha value is -3.20. The van der Waals surface area contributed by atoms with E-state index in [1.807, 2.05) is 36.4 Å². The van der Waals surface area contributed by atoms with Gasteiger partial charge in [-0.1, -0.05) is 48.5 Å². The van der Waals surface area contributed by atoms with E-state index in [-0.39, 0.29) is 19.1 Å². The molecule has 1 heterocycles. The number of carbonyl (C=O) groups is 2. The molecular formula is C24H23NO6S. The zero-order valence-corrected chi connectivity index (χ0v) is 18.2. The molecule has 1 aliphatic rings. The molecule has 3 aromatic rings. The average Bonchev–Trinajstić information content (AvgIpc) is 3.44. The summed E-state index contributed by atoms with van der Waals surface area (Å²) in [5.74, 6) is -0.578. The van der Waals surface area contributed by atoms with Crippen molar-refractivity contribution >= 4 is 23.4 Å². The molecule has 7 nitrogen and oxygen atoms in total. The number of alkyl carbamates (subject to hydrolysis) is 1. The van der Waals surface area contributed by atoms with Crippen LogP contribution in [0.3, 0.4) is 0 Å². The molecule has 1 aromatic heterocycles. The van der Waals surface area contributed by atoms with Crippen molar-refractivity contribution in [3.8, 4) is 11.1 Å². The Morgan fingerprint density at radius 3 is 2.31 bits per heavy atom. The normalized spacial score (nSPS) is 14.2. The minimum Gasteiger partial charge on any atom is -0.465 e. The fourth-order valence-corrected chi connectivity index (χ4v) is 4.74. The minimum atomic E-state index is -1.27. The monoisotopic (exact) mass is 453 g/mol. The van der Waals surface area contributed by atoms with E-state index in [4.69, 9.17) is 4.74 Å². The van der Waals surface area contributed by atoms with Gasteiger partial charge < -0.3 is 25.0 Å². The molecule has 2 unspecified atom stereocenters. The number of ether oxygens (including phenoxy) is 2. The van der Waals surface area contributed by atoms with Gasteiger partial charge in [0.1, 0.15) is 23.7 Å². The van der Waals surface area contributed by atoms with Gasteiger partial charge >= 0.3 is 12.1 Å². The second-order valence-electron chi connectivity index (χ2n) is 7.45. The highest BCUT2D eigenvalue weighted by Gasteiger charge is 2.29. The number of rotatable bonds is 7. The highest BCUT2D eigenvalue weighted by Crippen LogP contribution is 2.44. The van der Waals surface area contributed by atoms with Gasteiger partial charge in [-0.25, -0.2) is 9.59 Å². The maximum absolute atomic E-state index is 12.2. The van der Waals surface area contributed by atoms with Crippen molar-refractivity contribution in [2.45, 2.75) is 18.1 Å². The van der Waals surface area contributed by atoms with Crippen molar-refractivity contribution in [2.24, 2.45) is 0 Å².